The molecule has 4 saturated carbocycles. The molecular formula is C39H68O3Si2. The summed E-state index contributed by atoms with van der Waals surface area (Å²) in [5, 5.41) is 0.335. The highest BCUT2D eigenvalue weighted by Crippen LogP contribution is 2.60. The Labute approximate surface area is 274 Å². The number of allylic oxidation sites excluding steroid dienone is 3. The molecule has 7 atom stereocenters. The van der Waals surface area contributed by atoms with E-state index in [1.54, 1.807) is 5.57 Å². The van der Waals surface area contributed by atoms with Gasteiger partial charge in [0.05, 0.1) is 12.2 Å². The summed E-state index contributed by atoms with van der Waals surface area (Å²) in [6.07, 6.45) is 17.6. The molecule has 44 heavy (non-hydrogen) atoms. The summed E-state index contributed by atoms with van der Waals surface area (Å²) in [4.78, 5) is 11.9. The van der Waals surface area contributed by atoms with Crippen molar-refractivity contribution in [3.63, 3.8) is 0 Å². The van der Waals surface area contributed by atoms with E-state index < -0.39 is 16.6 Å². The van der Waals surface area contributed by atoms with Gasteiger partial charge in [0.25, 0.3) is 0 Å². The third-order valence-electron chi connectivity index (χ3n) is 13.5. The average Bonchev–Trinajstić information content (AvgIpc) is 3.45. The summed E-state index contributed by atoms with van der Waals surface area (Å²) >= 11 is 0. The van der Waals surface area contributed by atoms with Gasteiger partial charge in [-0.3, -0.25) is 4.79 Å². The van der Waals surface area contributed by atoms with Crippen LogP contribution >= 0.6 is 0 Å². The fraction of sp³-hybridized carbons (Fsp3) is 0.821. The number of hydrogen-bond donors (Lipinski definition) is 0. The Morgan fingerprint density at radius 3 is 2.16 bits per heavy atom. The second kappa shape index (κ2) is 13.0. The highest BCUT2D eigenvalue weighted by molar-refractivity contribution is 6.74. The maximum atomic E-state index is 11.9. The molecule has 4 fully saturated rings. The first kappa shape index (κ1) is 36.1. The van der Waals surface area contributed by atoms with Crippen molar-refractivity contribution in [2.75, 3.05) is 0 Å². The van der Waals surface area contributed by atoms with Crippen molar-refractivity contribution in [2.24, 2.45) is 29.1 Å². The van der Waals surface area contributed by atoms with Gasteiger partial charge in [-0.2, -0.15) is 0 Å². The summed E-state index contributed by atoms with van der Waals surface area (Å²) < 4.78 is 14.2. The average molecular weight is 641 g/mol. The smallest absolute Gasteiger partial charge is 0.192 e. The van der Waals surface area contributed by atoms with E-state index in [1.807, 2.05) is 0 Å². The molecule has 0 aliphatic heterocycles. The zero-order valence-corrected chi connectivity index (χ0v) is 32.8. The lowest BCUT2D eigenvalue weighted by Gasteiger charge is -2.46. The van der Waals surface area contributed by atoms with Gasteiger partial charge in [0.15, 0.2) is 16.6 Å². The lowest BCUT2D eigenvalue weighted by Crippen LogP contribution is -2.49. The van der Waals surface area contributed by atoms with Crippen LogP contribution in [0.15, 0.2) is 35.5 Å². The van der Waals surface area contributed by atoms with Crippen LogP contribution in [-0.4, -0.2) is 34.6 Å². The van der Waals surface area contributed by atoms with Crippen LogP contribution in [0.5, 0.6) is 0 Å². The molecular weight excluding hydrogens is 573 g/mol. The fourth-order valence-corrected chi connectivity index (χ4v) is 11.4. The SMILES string of the molecule is C=C1C(=CC=C2CCC[C@@]3(C)C2CCC3C(C)CC2CCC(=O)C2)C[C@@H](O[Si](C)(C)C(C)(C)C)C[C@@H]1O[Si](C)(C)C(C)(C)C. The summed E-state index contributed by atoms with van der Waals surface area (Å²) in [5.74, 6) is 3.28. The monoisotopic (exact) mass is 640 g/mol. The van der Waals surface area contributed by atoms with Crippen molar-refractivity contribution in [2.45, 2.75) is 174 Å². The third kappa shape index (κ3) is 7.68. The lowest BCUT2D eigenvalue weighted by molar-refractivity contribution is -0.117. The molecule has 250 valence electrons. The molecule has 0 saturated heterocycles. The Hall–Kier alpha value is -0.756. The van der Waals surface area contributed by atoms with Gasteiger partial charge in [-0.15, -0.1) is 0 Å². The fourth-order valence-electron chi connectivity index (χ4n) is 8.76. The Morgan fingerprint density at radius 1 is 0.932 bits per heavy atom. The number of fused-ring (bicyclic) bond motifs is 1. The number of ketones is 1. The number of carbonyl (C=O) groups is 1. The van der Waals surface area contributed by atoms with Crippen LogP contribution in [0, 0.1) is 29.1 Å². The van der Waals surface area contributed by atoms with Gasteiger partial charge in [-0.25, -0.2) is 0 Å². The first-order valence-electron chi connectivity index (χ1n) is 18.1. The second-order valence-corrected chi connectivity index (χ2v) is 28.2. The van der Waals surface area contributed by atoms with E-state index in [0.29, 0.717) is 29.0 Å². The van der Waals surface area contributed by atoms with Crippen molar-refractivity contribution in [3.8, 4) is 0 Å². The first-order chi connectivity index (χ1) is 20.1. The molecule has 4 aliphatic rings. The zero-order chi connectivity index (χ0) is 32.9. The van der Waals surface area contributed by atoms with E-state index in [-0.39, 0.29) is 22.3 Å². The minimum absolute atomic E-state index is 0.0276. The molecule has 0 aromatic carbocycles. The van der Waals surface area contributed by atoms with Crippen molar-refractivity contribution in [1.29, 1.82) is 0 Å². The molecule has 0 aromatic rings. The third-order valence-corrected chi connectivity index (χ3v) is 22.5. The molecule has 0 amide bonds. The van der Waals surface area contributed by atoms with Crippen LogP contribution in [0.3, 0.4) is 0 Å². The molecule has 0 N–H and O–H groups in total. The van der Waals surface area contributed by atoms with E-state index in [0.717, 1.165) is 38.0 Å². The summed E-state index contributed by atoms with van der Waals surface area (Å²) in [7, 11) is -3.90. The van der Waals surface area contributed by atoms with E-state index in [4.69, 9.17) is 8.85 Å². The van der Waals surface area contributed by atoms with Gasteiger partial charge in [-0.1, -0.05) is 79.7 Å². The van der Waals surface area contributed by atoms with Gasteiger partial charge >= 0.3 is 0 Å². The second-order valence-electron chi connectivity index (χ2n) is 18.7. The quantitative estimate of drug-likeness (QED) is 0.248. The van der Waals surface area contributed by atoms with Gasteiger partial charge in [0.1, 0.15) is 5.78 Å². The molecule has 3 nitrogen and oxygen atoms in total. The van der Waals surface area contributed by atoms with Crippen molar-refractivity contribution < 1.29 is 13.6 Å². The predicted octanol–water partition coefficient (Wildman–Crippen LogP) is 11.6. The molecule has 4 aliphatic carbocycles. The van der Waals surface area contributed by atoms with Gasteiger partial charge in [-0.05, 0) is 128 Å². The van der Waals surface area contributed by atoms with Crippen molar-refractivity contribution in [3.05, 3.63) is 35.5 Å². The molecule has 4 unspecified atom stereocenters. The van der Waals surface area contributed by atoms with Gasteiger partial charge in [0.2, 0.25) is 0 Å². The van der Waals surface area contributed by atoms with Crippen LogP contribution in [-0.2, 0) is 13.6 Å². The van der Waals surface area contributed by atoms with Crippen LogP contribution in [0.2, 0.25) is 36.3 Å². The topological polar surface area (TPSA) is 35.5 Å². The Kier molecular flexibility index (Phi) is 10.7. The van der Waals surface area contributed by atoms with Crippen LogP contribution in [0.1, 0.15) is 126 Å². The minimum Gasteiger partial charge on any atom is -0.413 e. The highest BCUT2D eigenvalue weighted by Gasteiger charge is 2.51. The number of hydrogen-bond acceptors (Lipinski definition) is 3. The Balaban J connectivity index is 1.57. The normalized spacial score (nSPS) is 35.0. The Bertz CT molecular complexity index is 1130. The maximum absolute atomic E-state index is 11.9. The number of rotatable bonds is 8. The first-order valence-corrected chi connectivity index (χ1v) is 23.9. The number of Topliss-reactive ketones (excluding diaryl/α,β-unsaturated/α-hetero) is 1. The summed E-state index contributed by atoms with van der Waals surface area (Å²) in [6.45, 7) is 33.3. The highest BCUT2D eigenvalue weighted by atomic mass is 28.4. The van der Waals surface area contributed by atoms with Crippen LogP contribution in [0.25, 0.3) is 0 Å². The minimum atomic E-state index is -1.97. The molecule has 0 heterocycles. The molecule has 0 aromatic heterocycles. The number of carbonyl (C=O) groups excluding carboxylic acids is 1. The summed E-state index contributed by atoms with van der Waals surface area (Å²) in [5.41, 5.74) is 4.58. The van der Waals surface area contributed by atoms with Gasteiger partial charge < -0.3 is 8.85 Å². The predicted molar refractivity (Wildman–Crippen MR) is 193 cm³/mol. The largest absolute Gasteiger partial charge is 0.413 e. The molecule has 4 rings (SSSR count). The van der Waals surface area contributed by atoms with Crippen molar-refractivity contribution >= 4 is 22.4 Å². The standard InChI is InChI=1S/C39H68O3Si2/c1-27(23-29-16-19-32(40)24-29)34-20-21-35-30(15-14-22-39(34,35)9)17-18-31-25-33(41-43(10,11)37(3,4)5)26-36(28(31)2)42-44(12,13)38(6,7)8/h17-18,27,29,33-36H,2,14-16,19-26H2,1,3-13H3/t27?,29?,33-,34?,35?,36+,39-/m1/s1. The summed E-state index contributed by atoms with van der Waals surface area (Å²) in [6, 6.07) is 0. The van der Waals surface area contributed by atoms with E-state index >= 15 is 0 Å². The molecule has 5 heteroatoms. The zero-order valence-electron chi connectivity index (χ0n) is 30.8. The van der Waals surface area contributed by atoms with Crippen molar-refractivity contribution in [1.82, 2.24) is 0 Å². The van der Waals surface area contributed by atoms with Gasteiger partial charge in [0, 0.05) is 19.3 Å². The Morgan fingerprint density at radius 2 is 1.57 bits per heavy atom. The molecule has 0 radical (unpaired) electrons. The van der Waals surface area contributed by atoms with E-state index in [2.05, 4.69) is 100 Å². The van der Waals surface area contributed by atoms with E-state index in [1.165, 1.54) is 49.7 Å². The van der Waals surface area contributed by atoms with Crippen LogP contribution < -0.4 is 0 Å². The lowest BCUT2D eigenvalue weighted by atomic mass is 9.60. The van der Waals surface area contributed by atoms with Crippen LogP contribution in [0.4, 0.5) is 0 Å². The molecule has 0 spiro atoms. The molecule has 0 bridgehead atoms. The van der Waals surface area contributed by atoms with E-state index in [9.17, 15) is 4.79 Å². The maximum Gasteiger partial charge on any atom is 0.192 e.